The second kappa shape index (κ2) is 10.4. The van der Waals surface area contributed by atoms with Crippen LogP contribution in [0.15, 0.2) is 60.9 Å². The van der Waals surface area contributed by atoms with Crippen LogP contribution in [-0.2, 0) is 27.2 Å². The van der Waals surface area contributed by atoms with Crippen molar-refractivity contribution in [2.45, 2.75) is 24.7 Å². The molecular formula is C22H15Cl2F6N3O3S. The first-order valence-electron chi connectivity index (χ1n) is 9.99. The number of pyridine rings is 1. The van der Waals surface area contributed by atoms with Gasteiger partial charge in [0.15, 0.2) is 5.37 Å². The Bertz CT molecular complexity index is 1420. The fourth-order valence-electron chi connectivity index (χ4n) is 3.27. The standard InChI is InChI=1S/C22H15Cl2F6N3O3S/c1-12(34)32-20(13-6-8-31-9-7-13)37(35,36)33(24)19-5-3-15(22(28,29)30)11-17(19)16-10-14(21(25,26)27)2-4-18(16)23/h2-11,20H,1H3,(H,32,34). The molecule has 3 rings (SSSR count). The summed E-state index contributed by atoms with van der Waals surface area (Å²) in [4.78, 5) is 15.5. The molecule has 0 saturated heterocycles. The fraction of sp³-hybridized carbons (Fsp3) is 0.182. The highest BCUT2D eigenvalue weighted by atomic mass is 35.5. The molecule has 3 aromatic rings. The lowest BCUT2D eigenvalue weighted by molar-refractivity contribution is -0.138. The molecule has 6 nitrogen and oxygen atoms in total. The van der Waals surface area contributed by atoms with Gasteiger partial charge in [-0.25, -0.2) is 8.42 Å². The first-order valence-corrected chi connectivity index (χ1v) is 12.2. The van der Waals surface area contributed by atoms with Crippen LogP contribution in [-0.4, -0.2) is 19.3 Å². The number of hydrogen-bond acceptors (Lipinski definition) is 4. The van der Waals surface area contributed by atoms with Crippen molar-refractivity contribution in [1.82, 2.24) is 10.3 Å². The van der Waals surface area contributed by atoms with Crippen LogP contribution in [0.5, 0.6) is 0 Å². The molecule has 0 spiro atoms. The van der Waals surface area contributed by atoms with E-state index in [1.807, 2.05) is 0 Å². The van der Waals surface area contributed by atoms with E-state index in [9.17, 15) is 39.6 Å². The number of anilines is 1. The first-order chi connectivity index (χ1) is 17.0. The molecular weight excluding hydrogens is 571 g/mol. The highest BCUT2D eigenvalue weighted by molar-refractivity contribution is 7.94. The van der Waals surface area contributed by atoms with Crippen molar-refractivity contribution < 1.29 is 39.6 Å². The Morgan fingerprint density at radius 1 is 0.919 bits per heavy atom. The van der Waals surface area contributed by atoms with Crippen LogP contribution in [0.4, 0.5) is 32.0 Å². The maximum absolute atomic E-state index is 13.5. The third-order valence-corrected chi connectivity index (χ3v) is 7.68. The van der Waals surface area contributed by atoms with Crippen molar-refractivity contribution in [2.24, 2.45) is 0 Å². The van der Waals surface area contributed by atoms with Crippen molar-refractivity contribution >= 4 is 45.0 Å². The van der Waals surface area contributed by atoms with E-state index in [-0.39, 0.29) is 9.39 Å². The number of amides is 1. The largest absolute Gasteiger partial charge is 0.416 e. The molecule has 1 unspecified atom stereocenters. The van der Waals surface area contributed by atoms with Gasteiger partial charge in [-0.15, -0.1) is 0 Å². The Labute approximate surface area is 217 Å². The number of benzene rings is 2. The molecule has 0 saturated carbocycles. The highest BCUT2D eigenvalue weighted by Crippen LogP contribution is 2.44. The van der Waals surface area contributed by atoms with Gasteiger partial charge in [-0.05, 0) is 54.1 Å². The molecule has 1 aromatic heterocycles. The molecule has 2 aromatic carbocycles. The third kappa shape index (κ3) is 6.28. The van der Waals surface area contributed by atoms with Crippen LogP contribution < -0.4 is 9.14 Å². The predicted molar refractivity (Wildman–Crippen MR) is 125 cm³/mol. The average Bonchev–Trinajstić information content (AvgIpc) is 2.81. The SMILES string of the molecule is CC(=O)NC(c1ccncc1)S(=O)(=O)N(Cl)c1ccc(C(F)(F)F)cc1-c1cc(C(F)(F)F)ccc1Cl. The zero-order chi connectivity index (χ0) is 27.8. The lowest BCUT2D eigenvalue weighted by atomic mass is 9.98. The number of alkyl halides is 6. The molecule has 1 amide bonds. The van der Waals surface area contributed by atoms with E-state index in [0.29, 0.717) is 30.3 Å². The second-order valence-corrected chi connectivity index (χ2v) is 10.4. The number of rotatable bonds is 6. The number of halogens is 8. The van der Waals surface area contributed by atoms with E-state index in [2.05, 4.69) is 10.3 Å². The topological polar surface area (TPSA) is 79.4 Å². The average molecular weight is 586 g/mol. The summed E-state index contributed by atoms with van der Waals surface area (Å²) in [5.74, 6) is -0.788. The monoisotopic (exact) mass is 585 g/mol. The quantitative estimate of drug-likeness (QED) is 0.262. The highest BCUT2D eigenvalue weighted by Gasteiger charge is 2.38. The van der Waals surface area contributed by atoms with E-state index in [1.54, 1.807) is 0 Å². The molecule has 0 radical (unpaired) electrons. The van der Waals surface area contributed by atoms with Gasteiger partial charge in [0.2, 0.25) is 5.91 Å². The lowest BCUT2D eigenvalue weighted by Gasteiger charge is -2.26. The second-order valence-electron chi connectivity index (χ2n) is 7.54. The summed E-state index contributed by atoms with van der Waals surface area (Å²) in [5, 5.41) is -0.0343. The smallest absolute Gasteiger partial charge is 0.335 e. The van der Waals surface area contributed by atoms with Crippen LogP contribution >= 0.6 is 23.4 Å². The minimum Gasteiger partial charge on any atom is -0.335 e. The summed E-state index contributed by atoms with van der Waals surface area (Å²) < 4.78 is 107. The Hall–Kier alpha value is -3.03. The van der Waals surface area contributed by atoms with Gasteiger partial charge in [-0.3, -0.25) is 9.78 Å². The Balaban J connectivity index is 2.27. The number of sulfonamides is 1. The van der Waals surface area contributed by atoms with Crippen LogP contribution in [0.1, 0.15) is 29.0 Å². The van der Waals surface area contributed by atoms with Crippen molar-refractivity contribution in [1.29, 1.82) is 0 Å². The summed E-state index contributed by atoms with van der Waals surface area (Å²) in [6.07, 6.45) is -7.37. The lowest BCUT2D eigenvalue weighted by Crippen LogP contribution is -2.38. The van der Waals surface area contributed by atoms with Gasteiger partial charge in [-0.2, -0.15) is 30.2 Å². The Kier molecular flexibility index (Phi) is 8.01. The van der Waals surface area contributed by atoms with Gasteiger partial charge in [-0.1, -0.05) is 11.6 Å². The maximum atomic E-state index is 13.5. The number of nitrogens with zero attached hydrogens (tertiary/aromatic N) is 2. The Morgan fingerprint density at radius 2 is 1.43 bits per heavy atom. The van der Waals surface area contributed by atoms with E-state index in [0.717, 1.165) is 13.0 Å². The van der Waals surface area contributed by atoms with E-state index in [4.69, 9.17) is 23.4 Å². The summed E-state index contributed by atoms with van der Waals surface area (Å²) in [6, 6.07) is 6.02. The number of nitrogens with one attached hydrogen (secondary N) is 1. The van der Waals surface area contributed by atoms with Gasteiger partial charge in [0, 0.05) is 47.2 Å². The van der Waals surface area contributed by atoms with Crippen molar-refractivity contribution in [2.75, 3.05) is 3.82 Å². The van der Waals surface area contributed by atoms with Gasteiger partial charge in [0.1, 0.15) is 0 Å². The molecule has 1 heterocycles. The van der Waals surface area contributed by atoms with E-state index >= 15 is 0 Å². The molecule has 0 aliphatic heterocycles. The summed E-state index contributed by atoms with van der Waals surface area (Å²) in [7, 11) is -4.84. The molecule has 37 heavy (non-hydrogen) atoms. The number of aromatic nitrogens is 1. The zero-order valence-electron chi connectivity index (χ0n) is 18.4. The molecule has 15 heteroatoms. The van der Waals surface area contributed by atoms with Gasteiger partial charge < -0.3 is 5.32 Å². The van der Waals surface area contributed by atoms with Gasteiger partial charge in [0.05, 0.1) is 16.8 Å². The van der Waals surface area contributed by atoms with Crippen LogP contribution in [0, 0.1) is 0 Å². The fourth-order valence-corrected chi connectivity index (χ4v) is 5.31. The van der Waals surface area contributed by atoms with Gasteiger partial charge in [0.25, 0.3) is 10.0 Å². The summed E-state index contributed by atoms with van der Waals surface area (Å²) >= 11 is 12.2. The molecule has 0 bridgehead atoms. The van der Waals surface area contributed by atoms with Crippen LogP contribution in [0.2, 0.25) is 5.02 Å². The molecule has 1 N–H and O–H groups in total. The van der Waals surface area contributed by atoms with E-state index < -0.39 is 66.6 Å². The van der Waals surface area contributed by atoms with Crippen molar-refractivity contribution in [3.63, 3.8) is 0 Å². The number of carbonyl (C=O) groups is 1. The molecule has 0 fully saturated rings. The van der Waals surface area contributed by atoms with Crippen molar-refractivity contribution in [3.05, 3.63) is 82.6 Å². The maximum Gasteiger partial charge on any atom is 0.416 e. The minimum atomic E-state index is -4.94. The molecule has 1 atom stereocenters. The predicted octanol–water partition coefficient (Wildman–Crippen LogP) is 6.56. The van der Waals surface area contributed by atoms with Crippen LogP contribution in [0.25, 0.3) is 11.1 Å². The first kappa shape index (κ1) is 28.5. The number of hydrogen-bond donors (Lipinski definition) is 1. The molecule has 198 valence electrons. The summed E-state index contributed by atoms with van der Waals surface area (Å²) in [5.41, 5.74) is -4.39. The molecule has 0 aliphatic carbocycles. The zero-order valence-corrected chi connectivity index (χ0v) is 20.7. The third-order valence-electron chi connectivity index (χ3n) is 4.96. The van der Waals surface area contributed by atoms with Crippen molar-refractivity contribution in [3.8, 4) is 11.1 Å². The number of carbonyl (C=O) groups excluding carboxylic acids is 1. The minimum absolute atomic E-state index is 0.00131. The normalized spacial score (nSPS) is 13.2. The van der Waals surface area contributed by atoms with Crippen LogP contribution in [0.3, 0.4) is 0 Å². The summed E-state index contributed by atoms with van der Waals surface area (Å²) in [6.45, 7) is 1.02. The Morgan fingerprint density at radius 3 is 1.95 bits per heavy atom. The van der Waals surface area contributed by atoms with E-state index in [1.165, 1.54) is 24.5 Å². The molecule has 0 aliphatic rings. The van der Waals surface area contributed by atoms with Gasteiger partial charge >= 0.3 is 12.4 Å².